The third-order valence-corrected chi connectivity index (χ3v) is 5.77. The first-order valence-corrected chi connectivity index (χ1v) is 10.7. The zero-order valence-corrected chi connectivity index (χ0v) is 17.3. The summed E-state index contributed by atoms with van der Waals surface area (Å²) in [6, 6.07) is 19.6. The van der Waals surface area contributed by atoms with Crippen LogP contribution in [0, 0.1) is 0 Å². The van der Waals surface area contributed by atoms with Crippen molar-refractivity contribution in [2.45, 2.75) is 24.5 Å². The van der Waals surface area contributed by atoms with Gasteiger partial charge in [0.25, 0.3) is 0 Å². The Morgan fingerprint density at radius 3 is 2.00 bits per heavy atom. The summed E-state index contributed by atoms with van der Waals surface area (Å²) in [7, 11) is -3.94. The van der Waals surface area contributed by atoms with E-state index in [0.717, 1.165) is 0 Å². The van der Waals surface area contributed by atoms with Crippen LogP contribution in [0.5, 0.6) is 5.75 Å². The number of amides is 1. The first kappa shape index (κ1) is 22.4. The van der Waals surface area contributed by atoms with Crippen molar-refractivity contribution in [2.75, 3.05) is 5.32 Å². The summed E-state index contributed by atoms with van der Waals surface area (Å²) in [5.41, 5.74) is 1.69. The van der Waals surface area contributed by atoms with Crippen LogP contribution in [0.15, 0.2) is 83.8 Å². The van der Waals surface area contributed by atoms with E-state index in [9.17, 15) is 22.0 Å². The van der Waals surface area contributed by atoms with Gasteiger partial charge in [0.2, 0.25) is 15.9 Å². The Morgan fingerprint density at radius 1 is 0.871 bits per heavy atom. The normalized spacial score (nSPS) is 12.4. The maximum atomic E-state index is 13.0. The zero-order valence-electron chi connectivity index (χ0n) is 16.5. The van der Waals surface area contributed by atoms with Crippen molar-refractivity contribution >= 4 is 21.6 Å². The predicted molar refractivity (Wildman–Crippen MR) is 112 cm³/mol. The van der Waals surface area contributed by atoms with E-state index in [4.69, 9.17) is 0 Å². The number of carbonyl (C=O) groups is 1. The van der Waals surface area contributed by atoms with Crippen LogP contribution in [0.2, 0.25) is 0 Å². The van der Waals surface area contributed by atoms with Crippen LogP contribution < -0.4 is 14.8 Å². The average molecular weight is 446 g/mol. The lowest BCUT2D eigenvalue weighted by molar-refractivity contribution is -0.114. The van der Waals surface area contributed by atoms with E-state index in [1.54, 1.807) is 30.3 Å². The van der Waals surface area contributed by atoms with E-state index in [1.165, 1.54) is 55.5 Å². The van der Waals surface area contributed by atoms with Crippen molar-refractivity contribution < 1.29 is 26.7 Å². The number of anilines is 1. The molecule has 0 aliphatic rings. The minimum absolute atomic E-state index is 0.0141. The molecule has 0 fully saturated rings. The molecule has 0 aliphatic carbocycles. The van der Waals surface area contributed by atoms with Gasteiger partial charge in [-0.25, -0.2) is 8.42 Å². The summed E-state index contributed by atoms with van der Waals surface area (Å²) in [4.78, 5) is 11.2. The lowest BCUT2D eigenvalue weighted by Gasteiger charge is -2.20. The van der Waals surface area contributed by atoms with E-state index in [-0.39, 0.29) is 16.6 Å². The monoisotopic (exact) mass is 446 g/mol. The van der Waals surface area contributed by atoms with Gasteiger partial charge < -0.3 is 10.1 Å². The quantitative estimate of drug-likeness (QED) is 0.540. The molecule has 0 aromatic heterocycles. The summed E-state index contributed by atoms with van der Waals surface area (Å²) in [5, 5.41) is 2.58. The van der Waals surface area contributed by atoms with Crippen LogP contribution in [-0.2, 0) is 14.8 Å². The average Bonchev–Trinajstić information content (AvgIpc) is 2.73. The second-order valence-corrected chi connectivity index (χ2v) is 8.33. The molecule has 3 aromatic rings. The van der Waals surface area contributed by atoms with E-state index >= 15 is 0 Å². The highest BCUT2D eigenvalue weighted by molar-refractivity contribution is 7.89. The SMILES string of the molecule is CC(=O)Nc1ccc(S(=O)(=O)N[C@H](c2ccccc2)c2ccc(OC(F)F)cc2)cc1. The van der Waals surface area contributed by atoms with Crippen LogP contribution in [0.3, 0.4) is 0 Å². The van der Waals surface area contributed by atoms with Gasteiger partial charge in [0.15, 0.2) is 0 Å². The standard InChI is InChI=1S/C22H20F2N2O4S/c1-15(27)25-18-9-13-20(14-10-18)31(28,29)26-21(16-5-3-2-4-6-16)17-7-11-19(12-8-17)30-22(23)24/h2-14,21-22,26H,1H3,(H,25,27)/t21-/m1/s1. The molecule has 3 aromatic carbocycles. The Labute approximate surface area is 178 Å². The molecule has 31 heavy (non-hydrogen) atoms. The summed E-state index contributed by atoms with van der Waals surface area (Å²) < 4.78 is 57.9. The zero-order chi connectivity index (χ0) is 22.4. The molecular formula is C22H20F2N2O4S. The molecule has 0 unspecified atom stereocenters. The van der Waals surface area contributed by atoms with Gasteiger partial charge in [-0.05, 0) is 47.5 Å². The number of rotatable bonds is 8. The highest BCUT2D eigenvalue weighted by Gasteiger charge is 2.23. The molecule has 162 valence electrons. The topological polar surface area (TPSA) is 84.5 Å². The number of hydrogen-bond acceptors (Lipinski definition) is 4. The molecule has 3 rings (SSSR count). The maximum absolute atomic E-state index is 13.0. The number of halogens is 2. The number of nitrogens with one attached hydrogen (secondary N) is 2. The van der Waals surface area contributed by atoms with Crippen molar-refractivity contribution in [1.82, 2.24) is 4.72 Å². The van der Waals surface area contributed by atoms with Gasteiger partial charge in [-0.1, -0.05) is 42.5 Å². The van der Waals surface area contributed by atoms with Crippen molar-refractivity contribution in [2.24, 2.45) is 0 Å². The molecule has 0 spiro atoms. The molecule has 6 nitrogen and oxygen atoms in total. The highest BCUT2D eigenvalue weighted by atomic mass is 32.2. The molecule has 0 bridgehead atoms. The Balaban J connectivity index is 1.90. The maximum Gasteiger partial charge on any atom is 0.387 e. The van der Waals surface area contributed by atoms with Crippen molar-refractivity contribution in [3.63, 3.8) is 0 Å². The smallest absolute Gasteiger partial charge is 0.387 e. The summed E-state index contributed by atoms with van der Waals surface area (Å²) in [6.07, 6.45) is 0. The van der Waals surface area contributed by atoms with Gasteiger partial charge in [-0.3, -0.25) is 4.79 Å². The molecule has 1 atom stereocenters. The summed E-state index contributed by atoms with van der Waals surface area (Å²) in [6.45, 7) is -1.59. The second kappa shape index (κ2) is 9.67. The Kier molecular flexibility index (Phi) is 6.98. The van der Waals surface area contributed by atoms with Crippen molar-refractivity contribution in [1.29, 1.82) is 0 Å². The molecule has 0 aliphatic heterocycles. The predicted octanol–water partition coefficient (Wildman–Crippen LogP) is 4.31. The van der Waals surface area contributed by atoms with Crippen molar-refractivity contribution in [3.05, 3.63) is 90.0 Å². The van der Waals surface area contributed by atoms with Gasteiger partial charge in [0.05, 0.1) is 10.9 Å². The minimum Gasteiger partial charge on any atom is -0.435 e. The Morgan fingerprint density at radius 2 is 1.45 bits per heavy atom. The second-order valence-electron chi connectivity index (χ2n) is 6.62. The fourth-order valence-corrected chi connectivity index (χ4v) is 4.17. The number of carbonyl (C=O) groups excluding carboxylic acids is 1. The summed E-state index contributed by atoms with van der Waals surface area (Å²) >= 11 is 0. The molecule has 2 N–H and O–H groups in total. The van der Waals surface area contributed by atoms with Gasteiger partial charge in [-0.2, -0.15) is 13.5 Å². The fraction of sp³-hybridized carbons (Fsp3) is 0.136. The van der Waals surface area contributed by atoms with Crippen LogP contribution in [0.1, 0.15) is 24.1 Å². The highest BCUT2D eigenvalue weighted by Crippen LogP contribution is 2.27. The molecule has 0 saturated carbocycles. The molecule has 0 saturated heterocycles. The molecular weight excluding hydrogens is 426 g/mol. The van der Waals surface area contributed by atoms with Gasteiger partial charge in [0.1, 0.15) is 5.75 Å². The minimum atomic E-state index is -3.94. The fourth-order valence-electron chi connectivity index (χ4n) is 2.96. The largest absolute Gasteiger partial charge is 0.435 e. The van der Waals surface area contributed by atoms with E-state index in [2.05, 4.69) is 14.8 Å². The third kappa shape index (κ3) is 6.09. The Hall–Kier alpha value is -3.30. The van der Waals surface area contributed by atoms with Gasteiger partial charge in [0, 0.05) is 12.6 Å². The van der Waals surface area contributed by atoms with E-state index < -0.39 is 22.7 Å². The van der Waals surface area contributed by atoms with Gasteiger partial charge in [-0.15, -0.1) is 0 Å². The van der Waals surface area contributed by atoms with E-state index in [1.807, 2.05) is 0 Å². The first-order chi connectivity index (χ1) is 14.7. The molecule has 0 radical (unpaired) electrons. The third-order valence-electron chi connectivity index (χ3n) is 4.33. The lowest BCUT2D eigenvalue weighted by Crippen LogP contribution is -2.29. The van der Waals surface area contributed by atoms with Crippen molar-refractivity contribution in [3.8, 4) is 5.75 Å². The van der Waals surface area contributed by atoms with Crippen LogP contribution in [0.4, 0.5) is 14.5 Å². The number of benzene rings is 3. The van der Waals surface area contributed by atoms with Crippen LogP contribution >= 0.6 is 0 Å². The van der Waals surface area contributed by atoms with Crippen LogP contribution in [-0.4, -0.2) is 20.9 Å². The number of sulfonamides is 1. The lowest BCUT2D eigenvalue weighted by atomic mass is 10.00. The first-order valence-electron chi connectivity index (χ1n) is 9.24. The summed E-state index contributed by atoms with van der Waals surface area (Å²) in [5.74, 6) is -0.292. The number of alkyl halides is 2. The van der Waals surface area contributed by atoms with Gasteiger partial charge >= 0.3 is 6.61 Å². The molecule has 9 heteroatoms. The molecule has 0 heterocycles. The number of hydrogen-bond donors (Lipinski definition) is 2. The Bertz CT molecular complexity index is 1120. The molecule has 1 amide bonds. The van der Waals surface area contributed by atoms with E-state index in [0.29, 0.717) is 16.8 Å². The number of ether oxygens (including phenoxy) is 1. The van der Waals surface area contributed by atoms with Crippen LogP contribution in [0.25, 0.3) is 0 Å².